The van der Waals surface area contributed by atoms with Crippen LogP contribution in [-0.2, 0) is 6.54 Å². The SMILES string of the molecule is CN1CCN(CC[C@H]2CCCCN2C(=O)NCc2ccc(F)c(F)c2)CC1. The van der Waals surface area contributed by atoms with Crippen molar-refractivity contribution >= 4 is 6.03 Å². The summed E-state index contributed by atoms with van der Waals surface area (Å²) < 4.78 is 26.3. The lowest BCUT2D eigenvalue weighted by atomic mass is 9.99. The van der Waals surface area contributed by atoms with Gasteiger partial charge < -0.3 is 20.0 Å². The Morgan fingerprint density at radius 1 is 1.11 bits per heavy atom. The van der Waals surface area contributed by atoms with E-state index in [1.54, 1.807) is 0 Å². The van der Waals surface area contributed by atoms with Gasteiger partial charge in [0.2, 0.25) is 0 Å². The van der Waals surface area contributed by atoms with Crippen LogP contribution in [0.5, 0.6) is 0 Å². The van der Waals surface area contributed by atoms with Crippen molar-refractivity contribution in [3.63, 3.8) is 0 Å². The molecule has 2 amide bonds. The number of urea groups is 1. The van der Waals surface area contributed by atoms with Crippen LogP contribution >= 0.6 is 0 Å². The van der Waals surface area contributed by atoms with Gasteiger partial charge in [-0.15, -0.1) is 0 Å². The number of amides is 2. The van der Waals surface area contributed by atoms with Crippen LogP contribution in [0.4, 0.5) is 13.6 Å². The first-order valence-electron chi connectivity index (χ1n) is 9.92. The number of nitrogens with one attached hydrogen (secondary N) is 1. The number of piperazine rings is 1. The van der Waals surface area contributed by atoms with Gasteiger partial charge >= 0.3 is 6.03 Å². The summed E-state index contributed by atoms with van der Waals surface area (Å²) in [6, 6.07) is 3.87. The molecule has 1 N–H and O–H groups in total. The van der Waals surface area contributed by atoms with Crippen LogP contribution in [0.1, 0.15) is 31.2 Å². The zero-order valence-corrected chi connectivity index (χ0v) is 16.1. The first-order chi connectivity index (χ1) is 13.0. The van der Waals surface area contributed by atoms with Crippen molar-refractivity contribution in [1.82, 2.24) is 20.0 Å². The molecule has 0 aromatic heterocycles. The predicted molar refractivity (Wildman–Crippen MR) is 101 cm³/mol. The summed E-state index contributed by atoms with van der Waals surface area (Å²) in [5, 5.41) is 2.87. The molecule has 0 radical (unpaired) electrons. The van der Waals surface area contributed by atoms with Gasteiger partial charge in [-0.2, -0.15) is 0 Å². The minimum Gasteiger partial charge on any atom is -0.334 e. The fourth-order valence-corrected chi connectivity index (χ4v) is 3.90. The first kappa shape index (κ1) is 20.0. The van der Waals surface area contributed by atoms with Crippen LogP contribution in [0.3, 0.4) is 0 Å². The van der Waals surface area contributed by atoms with E-state index in [4.69, 9.17) is 0 Å². The molecule has 1 aromatic rings. The van der Waals surface area contributed by atoms with Crippen molar-refractivity contribution in [2.24, 2.45) is 0 Å². The van der Waals surface area contributed by atoms with E-state index in [1.165, 1.54) is 6.07 Å². The minimum absolute atomic E-state index is 0.109. The highest BCUT2D eigenvalue weighted by molar-refractivity contribution is 5.74. The Kier molecular flexibility index (Phi) is 7.01. The Hall–Kier alpha value is -1.73. The van der Waals surface area contributed by atoms with E-state index in [0.717, 1.165) is 77.1 Å². The highest BCUT2D eigenvalue weighted by Gasteiger charge is 2.27. The number of piperidine rings is 1. The third kappa shape index (κ3) is 5.62. The number of carbonyl (C=O) groups is 1. The molecule has 1 aromatic carbocycles. The van der Waals surface area contributed by atoms with Crippen LogP contribution in [0, 0.1) is 11.6 Å². The summed E-state index contributed by atoms with van der Waals surface area (Å²) in [4.78, 5) is 19.4. The molecule has 0 bridgehead atoms. The quantitative estimate of drug-likeness (QED) is 0.854. The van der Waals surface area contributed by atoms with Gasteiger partial charge in [-0.05, 0) is 50.4 Å². The zero-order chi connectivity index (χ0) is 19.2. The first-order valence-corrected chi connectivity index (χ1v) is 9.92. The van der Waals surface area contributed by atoms with Crippen molar-refractivity contribution in [3.05, 3.63) is 35.4 Å². The number of hydrogen-bond donors (Lipinski definition) is 1. The molecule has 7 heteroatoms. The maximum atomic E-state index is 13.3. The third-order valence-electron chi connectivity index (χ3n) is 5.69. The van der Waals surface area contributed by atoms with Gasteiger partial charge in [-0.1, -0.05) is 6.07 Å². The molecule has 0 spiro atoms. The molecule has 2 saturated heterocycles. The molecule has 2 fully saturated rings. The normalized spacial score (nSPS) is 22.0. The number of rotatable bonds is 5. The van der Waals surface area contributed by atoms with Gasteiger partial charge in [0, 0.05) is 51.9 Å². The third-order valence-corrected chi connectivity index (χ3v) is 5.69. The van der Waals surface area contributed by atoms with E-state index in [1.807, 2.05) is 4.90 Å². The van der Waals surface area contributed by atoms with Crippen LogP contribution in [0.15, 0.2) is 18.2 Å². The molecule has 150 valence electrons. The molecule has 2 aliphatic heterocycles. The lowest BCUT2D eigenvalue weighted by molar-refractivity contribution is 0.117. The summed E-state index contributed by atoms with van der Waals surface area (Å²) >= 11 is 0. The average molecular weight is 380 g/mol. The molecule has 2 aliphatic rings. The smallest absolute Gasteiger partial charge is 0.317 e. The van der Waals surface area contributed by atoms with Gasteiger partial charge in [-0.25, -0.2) is 13.6 Å². The molecule has 3 rings (SSSR count). The van der Waals surface area contributed by atoms with Crippen LogP contribution in [0.2, 0.25) is 0 Å². The van der Waals surface area contributed by atoms with Gasteiger partial charge in [0.15, 0.2) is 11.6 Å². The lowest BCUT2D eigenvalue weighted by Gasteiger charge is -2.38. The van der Waals surface area contributed by atoms with Gasteiger partial charge in [0.1, 0.15) is 0 Å². The number of likely N-dealkylation sites (tertiary alicyclic amines) is 1. The second-order valence-corrected chi connectivity index (χ2v) is 7.68. The van der Waals surface area contributed by atoms with Crippen molar-refractivity contribution < 1.29 is 13.6 Å². The Balaban J connectivity index is 1.49. The topological polar surface area (TPSA) is 38.8 Å². The summed E-state index contributed by atoms with van der Waals surface area (Å²) in [6.07, 6.45) is 4.19. The van der Waals surface area contributed by atoms with Crippen molar-refractivity contribution in [2.45, 2.75) is 38.3 Å². The monoisotopic (exact) mass is 380 g/mol. The fourth-order valence-electron chi connectivity index (χ4n) is 3.90. The lowest BCUT2D eigenvalue weighted by Crippen LogP contribution is -2.50. The molecule has 1 atom stereocenters. The van der Waals surface area contributed by atoms with Gasteiger partial charge in [-0.3, -0.25) is 0 Å². The van der Waals surface area contributed by atoms with E-state index >= 15 is 0 Å². The highest BCUT2D eigenvalue weighted by Crippen LogP contribution is 2.20. The molecule has 0 aliphatic carbocycles. The maximum Gasteiger partial charge on any atom is 0.317 e. The molecule has 0 saturated carbocycles. The van der Waals surface area contributed by atoms with Crippen LogP contribution in [0.25, 0.3) is 0 Å². The van der Waals surface area contributed by atoms with Gasteiger partial charge in [0.05, 0.1) is 0 Å². The van der Waals surface area contributed by atoms with E-state index in [2.05, 4.69) is 22.2 Å². The number of carbonyl (C=O) groups excluding carboxylic acids is 1. The largest absolute Gasteiger partial charge is 0.334 e. The average Bonchev–Trinajstić information content (AvgIpc) is 2.68. The van der Waals surface area contributed by atoms with Gasteiger partial charge in [0.25, 0.3) is 0 Å². The number of hydrogen-bond acceptors (Lipinski definition) is 3. The fraction of sp³-hybridized carbons (Fsp3) is 0.650. The van der Waals surface area contributed by atoms with Crippen molar-refractivity contribution in [2.75, 3.05) is 46.3 Å². The van der Waals surface area contributed by atoms with E-state index < -0.39 is 11.6 Å². The van der Waals surface area contributed by atoms with Crippen molar-refractivity contribution in [3.8, 4) is 0 Å². The van der Waals surface area contributed by atoms with E-state index in [0.29, 0.717) is 5.56 Å². The number of benzene rings is 1. The Labute approximate surface area is 160 Å². The molecule has 27 heavy (non-hydrogen) atoms. The number of halogens is 2. The van der Waals surface area contributed by atoms with E-state index in [9.17, 15) is 13.6 Å². The number of likely N-dealkylation sites (N-methyl/N-ethyl adjacent to an activating group) is 1. The second-order valence-electron chi connectivity index (χ2n) is 7.68. The molecule has 2 heterocycles. The Morgan fingerprint density at radius 3 is 2.63 bits per heavy atom. The molecule has 5 nitrogen and oxygen atoms in total. The highest BCUT2D eigenvalue weighted by atomic mass is 19.2. The number of nitrogens with zero attached hydrogens (tertiary/aromatic N) is 3. The molecular weight excluding hydrogens is 350 g/mol. The standard InChI is InChI=1S/C20H30F2N4O/c1-24-10-12-25(13-11-24)9-7-17-4-2-3-8-26(17)20(27)23-15-16-5-6-18(21)19(22)14-16/h5-6,14,17H,2-4,7-13,15H2,1H3,(H,23,27)/t17-/m1/s1. The Morgan fingerprint density at radius 2 is 1.89 bits per heavy atom. The summed E-state index contributed by atoms with van der Waals surface area (Å²) in [5.41, 5.74) is 0.563. The summed E-state index contributed by atoms with van der Waals surface area (Å²) in [6.45, 7) is 6.36. The van der Waals surface area contributed by atoms with Crippen molar-refractivity contribution in [1.29, 1.82) is 0 Å². The van der Waals surface area contributed by atoms with Crippen LogP contribution in [-0.4, -0.2) is 73.1 Å². The minimum atomic E-state index is -0.884. The second kappa shape index (κ2) is 9.46. The zero-order valence-electron chi connectivity index (χ0n) is 16.1. The predicted octanol–water partition coefficient (Wildman–Crippen LogP) is 2.67. The molecular formula is C20H30F2N4O. The van der Waals surface area contributed by atoms with E-state index in [-0.39, 0.29) is 18.6 Å². The Bertz CT molecular complexity index is 634. The maximum absolute atomic E-state index is 13.3. The van der Waals surface area contributed by atoms with Crippen LogP contribution < -0.4 is 5.32 Å². The summed E-state index contributed by atoms with van der Waals surface area (Å²) in [5.74, 6) is -1.75. The molecule has 0 unspecified atom stereocenters. The summed E-state index contributed by atoms with van der Waals surface area (Å²) in [7, 11) is 2.15.